The van der Waals surface area contributed by atoms with Gasteiger partial charge < -0.3 is 14.6 Å². The number of likely N-dealkylation sites (tertiary alicyclic amines) is 1. The summed E-state index contributed by atoms with van der Waals surface area (Å²) in [7, 11) is 1.67. The second kappa shape index (κ2) is 6.78. The fraction of sp³-hybridized carbons (Fsp3) is 0.455. The van der Waals surface area contributed by atoms with Crippen LogP contribution in [0.15, 0.2) is 47.3 Å². The van der Waals surface area contributed by atoms with Crippen LogP contribution >= 0.6 is 0 Å². The number of carbonyl (C=O) groups excluding carboxylic acids is 1. The Hall–Kier alpha value is -2.60. The number of hydrogen-bond donors (Lipinski definition) is 1. The molecule has 1 aromatic carbocycles. The summed E-state index contributed by atoms with van der Waals surface area (Å²) in [5.41, 5.74) is 1.40. The van der Waals surface area contributed by atoms with Gasteiger partial charge in [0.15, 0.2) is 0 Å². The number of carbonyl (C=O) groups is 1. The molecule has 0 saturated carbocycles. The molecule has 4 aliphatic heterocycles. The molecule has 6 rings (SSSR count). The number of ether oxygens (including phenoxy) is 1. The fourth-order valence-electron chi connectivity index (χ4n) is 5.53. The molecule has 146 valence electrons. The Morgan fingerprint density at radius 1 is 1.07 bits per heavy atom. The van der Waals surface area contributed by atoms with Crippen molar-refractivity contribution in [3.8, 4) is 5.75 Å². The minimum atomic E-state index is -0.234. The topological polar surface area (TPSA) is 65.6 Å². The molecule has 4 fully saturated rings. The molecule has 0 unspecified atom stereocenters. The molecule has 2 bridgehead atoms. The van der Waals surface area contributed by atoms with Crippen molar-refractivity contribution in [3.63, 3.8) is 0 Å². The van der Waals surface area contributed by atoms with E-state index in [0.717, 1.165) is 31.7 Å². The molecule has 4 saturated heterocycles. The lowest BCUT2D eigenvalue weighted by atomic mass is 9.75. The molecule has 0 spiro atoms. The number of rotatable bonds is 3. The van der Waals surface area contributed by atoms with E-state index >= 15 is 0 Å². The van der Waals surface area contributed by atoms with Gasteiger partial charge in [-0.25, -0.2) is 0 Å². The second-order valence-corrected chi connectivity index (χ2v) is 8.12. The number of nitrogens with zero attached hydrogens (tertiary/aromatic N) is 2. The SMILES string of the molecule is COc1ccc([C@@H]2CN(C(=O)c3cccc(=O)[nH]3)[C@@H]3C4CCN(CC4)[C@@H]32)cc1. The van der Waals surface area contributed by atoms with E-state index in [1.807, 2.05) is 17.0 Å². The van der Waals surface area contributed by atoms with Gasteiger partial charge in [-0.1, -0.05) is 18.2 Å². The van der Waals surface area contributed by atoms with Crippen molar-refractivity contribution in [1.29, 1.82) is 0 Å². The third kappa shape index (κ3) is 2.75. The number of benzene rings is 1. The Balaban J connectivity index is 1.51. The monoisotopic (exact) mass is 379 g/mol. The minimum absolute atomic E-state index is 0.0579. The zero-order chi connectivity index (χ0) is 19.3. The van der Waals surface area contributed by atoms with Crippen LogP contribution in [0.4, 0.5) is 0 Å². The summed E-state index contributed by atoms with van der Waals surface area (Å²) in [6, 6.07) is 13.6. The van der Waals surface area contributed by atoms with Crippen molar-refractivity contribution in [3.05, 3.63) is 64.1 Å². The Morgan fingerprint density at radius 2 is 1.82 bits per heavy atom. The van der Waals surface area contributed by atoms with Crippen molar-refractivity contribution in [1.82, 2.24) is 14.8 Å². The average molecular weight is 379 g/mol. The first-order valence-electron chi connectivity index (χ1n) is 10.0. The van der Waals surface area contributed by atoms with Crippen molar-refractivity contribution in [2.45, 2.75) is 30.8 Å². The predicted molar refractivity (Wildman–Crippen MR) is 106 cm³/mol. The Morgan fingerprint density at radius 3 is 2.50 bits per heavy atom. The highest BCUT2D eigenvalue weighted by atomic mass is 16.5. The first-order chi connectivity index (χ1) is 13.7. The van der Waals surface area contributed by atoms with Gasteiger partial charge in [0.1, 0.15) is 11.4 Å². The maximum absolute atomic E-state index is 13.3. The lowest BCUT2D eigenvalue weighted by Gasteiger charge is -2.51. The zero-order valence-corrected chi connectivity index (χ0v) is 16.0. The molecule has 2 aromatic rings. The molecule has 6 nitrogen and oxygen atoms in total. The van der Waals surface area contributed by atoms with Crippen molar-refractivity contribution in [2.24, 2.45) is 5.92 Å². The van der Waals surface area contributed by atoms with Gasteiger partial charge in [0.2, 0.25) is 5.56 Å². The Bertz CT molecular complexity index is 931. The van der Waals surface area contributed by atoms with Gasteiger partial charge >= 0.3 is 0 Å². The van der Waals surface area contributed by atoms with Crippen LogP contribution in [-0.4, -0.2) is 59.5 Å². The van der Waals surface area contributed by atoms with E-state index < -0.39 is 0 Å². The number of hydrogen-bond acceptors (Lipinski definition) is 4. The summed E-state index contributed by atoms with van der Waals surface area (Å²) < 4.78 is 5.31. The fourth-order valence-corrected chi connectivity index (χ4v) is 5.53. The molecule has 0 radical (unpaired) electrons. The highest BCUT2D eigenvalue weighted by molar-refractivity contribution is 5.93. The molecule has 3 atom stereocenters. The highest BCUT2D eigenvalue weighted by Crippen LogP contribution is 2.47. The maximum Gasteiger partial charge on any atom is 0.270 e. The van der Waals surface area contributed by atoms with Gasteiger partial charge in [-0.05, 0) is 55.6 Å². The molecular weight excluding hydrogens is 354 g/mol. The third-order valence-electron chi connectivity index (χ3n) is 6.80. The first-order valence-corrected chi connectivity index (χ1v) is 10.0. The third-order valence-corrected chi connectivity index (χ3v) is 6.80. The first kappa shape index (κ1) is 17.5. The smallest absolute Gasteiger partial charge is 0.270 e. The second-order valence-electron chi connectivity index (χ2n) is 8.12. The summed E-state index contributed by atoms with van der Waals surface area (Å²) in [6.45, 7) is 2.91. The molecule has 1 amide bonds. The van der Waals surface area contributed by atoms with Crippen LogP contribution in [0, 0.1) is 5.92 Å². The van der Waals surface area contributed by atoms with Crippen molar-refractivity contribution >= 4 is 5.91 Å². The van der Waals surface area contributed by atoms with E-state index in [2.05, 4.69) is 22.0 Å². The van der Waals surface area contributed by atoms with Crippen molar-refractivity contribution in [2.75, 3.05) is 26.7 Å². The van der Waals surface area contributed by atoms with Crippen LogP contribution in [0.2, 0.25) is 0 Å². The van der Waals surface area contributed by atoms with Gasteiger partial charge in [0.05, 0.1) is 13.2 Å². The number of nitrogens with one attached hydrogen (secondary N) is 1. The average Bonchev–Trinajstić information content (AvgIpc) is 3.17. The van der Waals surface area contributed by atoms with E-state index in [4.69, 9.17) is 4.74 Å². The standard InChI is InChI=1S/C22H25N3O3/c1-28-16-7-5-14(6-8-16)17-13-25(22(27)18-3-2-4-19(26)23-18)20-15-9-11-24(12-10-15)21(17)20/h2-8,15,17,20-21H,9-13H2,1H3,(H,23,26)/t17-,20+,21+/m0/s1. The van der Waals surface area contributed by atoms with E-state index in [1.165, 1.54) is 11.6 Å². The summed E-state index contributed by atoms with van der Waals surface area (Å²) in [6.07, 6.45) is 2.29. The molecule has 1 N–H and O–H groups in total. The highest BCUT2D eigenvalue weighted by Gasteiger charge is 2.54. The summed E-state index contributed by atoms with van der Waals surface area (Å²) in [5.74, 6) is 1.60. The van der Waals surface area contributed by atoms with Gasteiger partial charge in [-0.15, -0.1) is 0 Å². The van der Waals surface area contributed by atoms with Crippen LogP contribution in [0.5, 0.6) is 5.75 Å². The largest absolute Gasteiger partial charge is 0.497 e. The number of fused-ring (bicyclic) bond motifs is 2. The molecule has 0 aliphatic carbocycles. The number of pyridine rings is 1. The van der Waals surface area contributed by atoms with Crippen LogP contribution in [0.3, 0.4) is 0 Å². The summed E-state index contributed by atoms with van der Waals surface area (Å²) in [5, 5.41) is 0. The quantitative estimate of drug-likeness (QED) is 0.887. The lowest BCUT2D eigenvalue weighted by Crippen LogP contribution is -2.60. The Kier molecular flexibility index (Phi) is 4.23. The number of aromatic nitrogens is 1. The van der Waals surface area contributed by atoms with E-state index in [1.54, 1.807) is 19.2 Å². The normalized spacial score (nSPS) is 30.9. The van der Waals surface area contributed by atoms with Crippen LogP contribution < -0.4 is 10.3 Å². The van der Waals surface area contributed by atoms with Crippen LogP contribution in [-0.2, 0) is 0 Å². The van der Waals surface area contributed by atoms with E-state index in [0.29, 0.717) is 24.2 Å². The summed E-state index contributed by atoms with van der Waals surface area (Å²) in [4.78, 5) is 32.4. The summed E-state index contributed by atoms with van der Waals surface area (Å²) >= 11 is 0. The van der Waals surface area contributed by atoms with Gasteiger partial charge in [0.25, 0.3) is 5.91 Å². The number of aromatic amines is 1. The molecule has 4 aliphatic rings. The van der Waals surface area contributed by atoms with Gasteiger partial charge in [-0.2, -0.15) is 0 Å². The maximum atomic E-state index is 13.3. The Labute approximate surface area is 164 Å². The predicted octanol–water partition coefficient (Wildman–Crippen LogP) is 2.09. The molecular formula is C22H25N3O3. The number of H-pyrrole nitrogens is 1. The number of methoxy groups -OCH3 is 1. The number of amides is 1. The lowest BCUT2D eigenvalue weighted by molar-refractivity contribution is -0.00359. The molecule has 28 heavy (non-hydrogen) atoms. The van der Waals surface area contributed by atoms with Gasteiger partial charge in [-0.3, -0.25) is 14.5 Å². The van der Waals surface area contributed by atoms with Crippen molar-refractivity contribution < 1.29 is 9.53 Å². The van der Waals surface area contributed by atoms with Crippen LogP contribution in [0.25, 0.3) is 0 Å². The zero-order valence-electron chi connectivity index (χ0n) is 16.0. The van der Waals surface area contributed by atoms with Gasteiger partial charge in [0, 0.05) is 24.6 Å². The number of piperidine rings is 3. The minimum Gasteiger partial charge on any atom is -0.497 e. The molecule has 5 heterocycles. The van der Waals surface area contributed by atoms with E-state index in [-0.39, 0.29) is 23.4 Å². The van der Waals surface area contributed by atoms with Crippen LogP contribution in [0.1, 0.15) is 34.8 Å². The molecule has 1 aromatic heterocycles. The molecule has 6 heteroatoms. The van der Waals surface area contributed by atoms with E-state index in [9.17, 15) is 9.59 Å².